The van der Waals surface area contributed by atoms with Crippen LogP contribution in [0.2, 0.25) is 0 Å². The van der Waals surface area contributed by atoms with E-state index < -0.39 is 11.0 Å². The zero-order chi connectivity index (χ0) is 18.1. The van der Waals surface area contributed by atoms with E-state index in [9.17, 15) is 4.21 Å². The van der Waals surface area contributed by atoms with E-state index in [-0.39, 0.29) is 29.0 Å². The third kappa shape index (κ3) is 5.14. The van der Waals surface area contributed by atoms with Gasteiger partial charge in [0.25, 0.3) is 0 Å². The second-order valence-electron chi connectivity index (χ2n) is 7.85. The van der Waals surface area contributed by atoms with Gasteiger partial charge in [0.05, 0.1) is 22.2 Å². The third-order valence-electron chi connectivity index (χ3n) is 4.99. The molecule has 7 heteroatoms. The molecule has 0 amide bonds. The van der Waals surface area contributed by atoms with Crippen LogP contribution in [0.4, 0.5) is 0 Å². The molecule has 0 aromatic heterocycles. The summed E-state index contributed by atoms with van der Waals surface area (Å²) < 4.78 is 27.1. The maximum absolute atomic E-state index is 11.8. The Balaban J connectivity index is 0.00000312. The summed E-state index contributed by atoms with van der Waals surface area (Å²) in [5.41, 5.74) is 1.59. The van der Waals surface area contributed by atoms with Gasteiger partial charge in [-0.15, -0.1) is 0 Å². The van der Waals surface area contributed by atoms with Crippen molar-refractivity contribution in [3.8, 4) is 0 Å². The Kier molecular flexibility index (Phi) is 7.42. The number of hydrogen-bond donors (Lipinski definition) is 1. The molecule has 25 heavy (non-hydrogen) atoms. The van der Waals surface area contributed by atoms with Gasteiger partial charge in [-0.3, -0.25) is 0 Å². The monoisotopic (exact) mass is 369 g/mol. The van der Waals surface area contributed by atoms with Gasteiger partial charge < -0.3 is 14.8 Å². The Bertz CT molecular complexity index is 573. The quantitative estimate of drug-likeness (QED) is 0.778. The Morgan fingerprint density at radius 2 is 1.52 bits per heavy atom. The van der Waals surface area contributed by atoms with E-state index in [1.54, 1.807) is 0 Å². The molecule has 0 aliphatic carbocycles. The zero-order valence-corrected chi connectivity index (χ0v) is 17.2. The summed E-state index contributed by atoms with van der Waals surface area (Å²) in [6, 6.07) is 8.33. The van der Waals surface area contributed by atoms with Crippen LogP contribution in [0.25, 0.3) is 0 Å². The summed E-state index contributed by atoms with van der Waals surface area (Å²) in [6.07, 6.45) is 0. The molecule has 5 nitrogen and oxygen atoms in total. The summed E-state index contributed by atoms with van der Waals surface area (Å²) in [5, 5.41) is 0.128. The first kappa shape index (κ1) is 22.3. The molecule has 1 fully saturated rings. The Labute approximate surface area is 154 Å². The van der Waals surface area contributed by atoms with Gasteiger partial charge in [-0.05, 0) is 58.5 Å². The van der Waals surface area contributed by atoms with Crippen LogP contribution in [0.15, 0.2) is 24.3 Å². The number of nitrogens with one attached hydrogen (secondary N) is 1. The molecule has 3 N–H and O–H groups in total. The molecular formula is C18H32BNO4S. The summed E-state index contributed by atoms with van der Waals surface area (Å²) in [5.74, 6) is 0.292. The molecule has 1 aliphatic rings. The molecule has 0 radical (unpaired) electrons. The van der Waals surface area contributed by atoms with Crippen molar-refractivity contribution in [1.29, 1.82) is 0 Å². The molecule has 1 unspecified atom stereocenters. The van der Waals surface area contributed by atoms with Crippen molar-refractivity contribution >= 4 is 23.6 Å². The SMILES string of the molecule is CC(C)S(=O)NC[C@H](C)c1ccc(B2OC(C)(C)C(C)(C)O2)cc1.O. The highest BCUT2D eigenvalue weighted by Gasteiger charge is 2.51. The normalized spacial score (nSPS) is 21.0. The van der Waals surface area contributed by atoms with E-state index in [1.807, 2.05) is 13.8 Å². The van der Waals surface area contributed by atoms with Crippen LogP contribution in [0.1, 0.15) is 59.9 Å². The van der Waals surface area contributed by atoms with Gasteiger partial charge >= 0.3 is 7.12 Å². The molecular weight excluding hydrogens is 337 g/mol. The van der Waals surface area contributed by atoms with E-state index in [2.05, 4.69) is 63.6 Å². The lowest BCUT2D eigenvalue weighted by atomic mass is 9.78. The van der Waals surface area contributed by atoms with Crippen molar-refractivity contribution in [3.05, 3.63) is 29.8 Å². The van der Waals surface area contributed by atoms with Crippen molar-refractivity contribution in [1.82, 2.24) is 4.72 Å². The smallest absolute Gasteiger partial charge is 0.412 e. The molecule has 1 heterocycles. The lowest BCUT2D eigenvalue weighted by Gasteiger charge is -2.32. The van der Waals surface area contributed by atoms with Crippen molar-refractivity contribution < 1.29 is 19.0 Å². The minimum atomic E-state index is -0.980. The predicted octanol–water partition coefficient (Wildman–Crippen LogP) is 1.93. The fourth-order valence-electron chi connectivity index (χ4n) is 2.45. The molecule has 1 saturated heterocycles. The van der Waals surface area contributed by atoms with Gasteiger partial charge in [0, 0.05) is 11.8 Å². The first-order chi connectivity index (χ1) is 11.0. The lowest BCUT2D eigenvalue weighted by Crippen LogP contribution is -2.41. The fourth-order valence-corrected chi connectivity index (χ4v) is 3.20. The predicted molar refractivity (Wildman–Crippen MR) is 105 cm³/mol. The minimum absolute atomic E-state index is 0. The highest BCUT2D eigenvalue weighted by molar-refractivity contribution is 7.83. The maximum atomic E-state index is 11.8. The van der Waals surface area contributed by atoms with Gasteiger partial charge in [0.15, 0.2) is 0 Å². The highest BCUT2D eigenvalue weighted by Crippen LogP contribution is 2.36. The summed E-state index contributed by atoms with van der Waals surface area (Å²) >= 11 is 0. The van der Waals surface area contributed by atoms with E-state index in [0.29, 0.717) is 12.5 Å². The molecule has 1 aliphatic heterocycles. The molecule has 2 atom stereocenters. The molecule has 142 valence electrons. The highest BCUT2D eigenvalue weighted by atomic mass is 32.2. The van der Waals surface area contributed by atoms with Crippen molar-refractivity contribution in [3.63, 3.8) is 0 Å². The summed E-state index contributed by atoms with van der Waals surface area (Å²) in [7, 11) is -1.31. The van der Waals surface area contributed by atoms with Crippen LogP contribution in [0.3, 0.4) is 0 Å². The number of rotatable bonds is 6. The molecule has 0 spiro atoms. The van der Waals surface area contributed by atoms with Crippen LogP contribution >= 0.6 is 0 Å². The molecule has 2 rings (SSSR count). The number of benzene rings is 1. The average molecular weight is 369 g/mol. The molecule has 1 aromatic carbocycles. The summed E-state index contributed by atoms with van der Waals surface area (Å²) in [6.45, 7) is 15.0. The van der Waals surface area contributed by atoms with Gasteiger partial charge in [0.1, 0.15) is 0 Å². The van der Waals surface area contributed by atoms with E-state index >= 15 is 0 Å². The number of hydrogen-bond acceptors (Lipinski definition) is 3. The Morgan fingerprint density at radius 3 is 1.96 bits per heavy atom. The van der Waals surface area contributed by atoms with E-state index in [0.717, 1.165) is 5.46 Å². The van der Waals surface area contributed by atoms with Crippen molar-refractivity contribution in [2.24, 2.45) is 0 Å². The Morgan fingerprint density at radius 1 is 1.04 bits per heavy atom. The average Bonchev–Trinajstić information content (AvgIpc) is 2.72. The summed E-state index contributed by atoms with van der Waals surface area (Å²) in [4.78, 5) is 0. The van der Waals surface area contributed by atoms with Crippen LogP contribution in [-0.2, 0) is 20.3 Å². The lowest BCUT2D eigenvalue weighted by molar-refractivity contribution is 0.00578. The van der Waals surface area contributed by atoms with Crippen LogP contribution in [-0.4, -0.2) is 39.8 Å². The van der Waals surface area contributed by atoms with Crippen LogP contribution in [0.5, 0.6) is 0 Å². The second kappa shape index (κ2) is 8.31. The van der Waals surface area contributed by atoms with Crippen molar-refractivity contribution in [2.75, 3.05) is 6.54 Å². The largest absolute Gasteiger partial charge is 0.494 e. The maximum Gasteiger partial charge on any atom is 0.494 e. The molecule has 0 saturated carbocycles. The molecule has 0 bridgehead atoms. The first-order valence-corrected chi connectivity index (χ1v) is 9.84. The van der Waals surface area contributed by atoms with Crippen LogP contribution in [0, 0.1) is 0 Å². The molecule has 1 aromatic rings. The van der Waals surface area contributed by atoms with Gasteiger partial charge in [0.2, 0.25) is 0 Å². The van der Waals surface area contributed by atoms with Crippen molar-refractivity contribution in [2.45, 2.75) is 70.8 Å². The Hall–Kier alpha value is -0.725. The van der Waals surface area contributed by atoms with E-state index in [4.69, 9.17) is 9.31 Å². The van der Waals surface area contributed by atoms with Crippen LogP contribution < -0.4 is 10.2 Å². The topological polar surface area (TPSA) is 79.1 Å². The van der Waals surface area contributed by atoms with Gasteiger partial charge in [-0.2, -0.15) is 0 Å². The van der Waals surface area contributed by atoms with Gasteiger partial charge in [-0.25, -0.2) is 8.93 Å². The first-order valence-electron chi connectivity index (χ1n) is 8.63. The minimum Gasteiger partial charge on any atom is -0.412 e. The van der Waals surface area contributed by atoms with Gasteiger partial charge in [-0.1, -0.05) is 31.2 Å². The third-order valence-corrected chi connectivity index (χ3v) is 6.30. The zero-order valence-electron chi connectivity index (χ0n) is 16.4. The fraction of sp³-hybridized carbons (Fsp3) is 0.667. The van der Waals surface area contributed by atoms with E-state index in [1.165, 1.54) is 5.56 Å². The standard InChI is InChI=1S/C18H30BNO3S.H2O/c1-13(2)24(21)20-12-14(3)15-8-10-16(11-9-15)19-22-17(4,5)18(6,7)23-19;/h8-11,13-14,20H,12H2,1-7H3;1H2/t14-,24?;/m0./s1. The second-order valence-corrected chi connectivity index (χ2v) is 9.68.